The lowest BCUT2D eigenvalue weighted by Crippen LogP contribution is -2.57. The molecule has 4 atom stereocenters. The Labute approximate surface area is 178 Å². The van der Waals surface area contributed by atoms with E-state index in [0.29, 0.717) is 31.9 Å². The summed E-state index contributed by atoms with van der Waals surface area (Å²) >= 11 is 0. The Morgan fingerprint density at radius 2 is 1.97 bits per heavy atom. The number of hydrogen-bond acceptors (Lipinski definition) is 7. The predicted octanol–water partition coefficient (Wildman–Crippen LogP) is 0.0792. The summed E-state index contributed by atoms with van der Waals surface area (Å²) < 4.78 is 49.6. The lowest BCUT2D eigenvalue weighted by molar-refractivity contribution is -0.137. The number of alkyl halides is 3. The number of anilines is 1. The monoisotopic (exact) mass is 447 g/mol. The molecule has 2 heterocycles. The number of halogens is 3. The van der Waals surface area contributed by atoms with Gasteiger partial charge in [-0.25, -0.2) is 0 Å². The number of piperazine rings is 1. The van der Waals surface area contributed by atoms with Crippen molar-refractivity contribution in [3.63, 3.8) is 0 Å². The van der Waals surface area contributed by atoms with Crippen LogP contribution in [0.25, 0.3) is 0 Å². The maximum absolute atomic E-state index is 13.0. The number of rotatable bonds is 7. The number of aliphatic hydroxyl groups is 2. The van der Waals surface area contributed by atoms with Gasteiger partial charge in [0.15, 0.2) is 0 Å². The van der Waals surface area contributed by atoms with Crippen molar-refractivity contribution < 1.29 is 37.7 Å². The van der Waals surface area contributed by atoms with Crippen LogP contribution in [0.3, 0.4) is 0 Å². The van der Waals surface area contributed by atoms with Gasteiger partial charge in [0.05, 0.1) is 24.3 Å². The molecule has 4 unspecified atom stereocenters. The highest BCUT2D eigenvalue weighted by atomic mass is 19.4. The molecule has 2 saturated heterocycles. The molecule has 31 heavy (non-hydrogen) atoms. The molecule has 2 fully saturated rings. The number of aliphatic hydroxyl groups excluding tert-OH is 2. The summed E-state index contributed by atoms with van der Waals surface area (Å²) in [6, 6.07) is 4.77. The van der Waals surface area contributed by atoms with Crippen molar-refractivity contribution in [1.29, 1.82) is 0 Å². The van der Waals surface area contributed by atoms with Gasteiger partial charge in [-0.1, -0.05) is 6.07 Å². The van der Waals surface area contributed by atoms with Crippen LogP contribution in [0.5, 0.6) is 0 Å². The van der Waals surface area contributed by atoms with Gasteiger partial charge in [-0.05, 0) is 18.2 Å². The van der Waals surface area contributed by atoms with E-state index < -0.39 is 36.1 Å². The normalized spacial score (nSPS) is 27.5. The fourth-order valence-corrected chi connectivity index (χ4v) is 4.15. The number of nitrogens with one attached hydrogen (secondary N) is 1. The molecule has 2 aliphatic heterocycles. The van der Waals surface area contributed by atoms with E-state index in [-0.39, 0.29) is 25.7 Å². The van der Waals surface area contributed by atoms with Crippen LogP contribution in [0.15, 0.2) is 24.3 Å². The second-order valence-corrected chi connectivity index (χ2v) is 7.68. The van der Waals surface area contributed by atoms with Crippen molar-refractivity contribution in [2.24, 2.45) is 0 Å². The van der Waals surface area contributed by atoms with Gasteiger partial charge in [-0.15, -0.1) is 0 Å². The second-order valence-electron chi connectivity index (χ2n) is 7.68. The third kappa shape index (κ3) is 5.66. The first kappa shape index (κ1) is 23.7. The summed E-state index contributed by atoms with van der Waals surface area (Å²) in [5.74, 6) is -0.318. The Morgan fingerprint density at radius 3 is 2.58 bits per heavy atom. The fraction of sp³-hybridized carbons (Fsp3) is 0.650. The number of carbonyl (C=O) groups excluding carboxylic acids is 1. The molecular formula is C20H28F3N3O5. The lowest BCUT2D eigenvalue weighted by Gasteiger charge is -2.41. The van der Waals surface area contributed by atoms with Crippen molar-refractivity contribution in [2.75, 3.05) is 57.9 Å². The van der Waals surface area contributed by atoms with Crippen molar-refractivity contribution in [3.8, 4) is 0 Å². The van der Waals surface area contributed by atoms with Gasteiger partial charge in [0.2, 0.25) is 5.91 Å². The van der Waals surface area contributed by atoms with Crippen LogP contribution in [-0.2, 0) is 20.4 Å². The maximum Gasteiger partial charge on any atom is 0.416 e. The van der Waals surface area contributed by atoms with Gasteiger partial charge in [0.25, 0.3) is 0 Å². The van der Waals surface area contributed by atoms with E-state index in [9.17, 15) is 28.2 Å². The standard InChI is InChI=1S/C20H28F3N3O5/c1-30-12-17(28)24-10-15-18(19(29)16(11-27)31-15)26-7-5-25(6-8-26)14-4-2-3-13(9-14)20(21,22)23/h2-4,9,15-16,18-19,27,29H,5-8,10-12H2,1H3,(H,24,28). The first-order chi connectivity index (χ1) is 14.7. The molecule has 1 aromatic carbocycles. The topological polar surface area (TPSA) is 94.5 Å². The number of carbonyl (C=O) groups is 1. The highest BCUT2D eigenvalue weighted by Gasteiger charge is 2.46. The van der Waals surface area contributed by atoms with Crippen LogP contribution in [0.2, 0.25) is 0 Å². The summed E-state index contributed by atoms with van der Waals surface area (Å²) in [6.07, 6.45) is -6.65. The van der Waals surface area contributed by atoms with Crippen LogP contribution in [0, 0.1) is 0 Å². The average molecular weight is 447 g/mol. The molecule has 0 spiro atoms. The van der Waals surface area contributed by atoms with Crippen molar-refractivity contribution >= 4 is 11.6 Å². The van der Waals surface area contributed by atoms with Crippen LogP contribution >= 0.6 is 0 Å². The fourth-order valence-electron chi connectivity index (χ4n) is 4.15. The Kier molecular flexibility index (Phi) is 7.76. The van der Waals surface area contributed by atoms with Gasteiger partial charge in [0.1, 0.15) is 18.8 Å². The van der Waals surface area contributed by atoms with Crippen molar-refractivity contribution in [2.45, 2.75) is 30.5 Å². The number of amides is 1. The van der Waals surface area contributed by atoms with Crippen LogP contribution in [0.4, 0.5) is 18.9 Å². The number of ether oxygens (including phenoxy) is 2. The molecule has 0 aromatic heterocycles. The lowest BCUT2D eigenvalue weighted by atomic mass is 10.0. The number of nitrogens with zero attached hydrogens (tertiary/aromatic N) is 2. The van der Waals surface area contributed by atoms with E-state index in [1.165, 1.54) is 13.2 Å². The van der Waals surface area contributed by atoms with Gasteiger partial charge in [0, 0.05) is 45.5 Å². The highest BCUT2D eigenvalue weighted by molar-refractivity contribution is 5.77. The minimum absolute atomic E-state index is 0.0982. The van der Waals surface area contributed by atoms with Crippen LogP contribution < -0.4 is 10.2 Å². The summed E-state index contributed by atoms with van der Waals surface area (Å²) in [5.41, 5.74) is -0.195. The largest absolute Gasteiger partial charge is 0.416 e. The Bertz CT molecular complexity index is 743. The molecule has 11 heteroatoms. The first-order valence-electron chi connectivity index (χ1n) is 10.1. The zero-order valence-corrected chi connectivity index (χ0v) is 17.2. The SMILES string of the molecule is COCC(=O)NCC1OC(CO)C(O)C1N1CCN(c2cccc(C(F)(F)F)c2)CC1. The highest BCUT2D eigenvalue weighted by Crippen LogP contribution is 2.32. The van der Waals surface area contributed by atoms with E-state index in [2.05, 4.69) is 5.32 Å². The molecule has 0 bridgehead atoms. The zero-order chi connectivity index (χ0) is 22.6. The Balaban J connectivity index is 1.64. The smallest absolute Gasteiger partial charge is 0.394 e. The number of benzene rings is 1. The molecule has 2 aliphatic rings. The molecule has 3 rings (SSSR count). The molecule has 1 aromatic rings. The molecule has 3 N–H and O–H groups in total. The Morgan fingerprint density at radius 1 is 1.26 bits per heavy atom. The minimum Gasteiger partial charge on any atom is -0.394 e. The van der Waals surface area contributed by atoms with Crippen molar-refractivity contribution in [1.82, 2.24) is 10.2 Å². The molecule has 8 nitrogen and oxygen atoms in total. The molecule has 0 saturated carbocycles. The third-order valence-corrected chi connectivity index (χ3v) is 5.69. The zero-order valence-electron chi connectivity index (χ0n) is 17.2. The van der Waals surface area contributed by atoms with Gasteiger partial charge in [-0.3, -0.25) is 9.69 Å². The van der Waals surface area contributed by atoms with Gasteiger partial charge in [-0.2, -0.15) is 13.2 Å². The molecule has 0 radical (unpaired) electrons. The van der Waals surface area contributed by atoms with Gasteiger partial charge < -0.3 is 29.9 Å². The number of methoxy groups -OCH3 is 1. The van der Waals surface area contributed by atoms with Crippen LogP contribution in [0.1, 0.15) is 5.56 Å². The molecule has 1 amide bonds. The van der Waals surface area contributed by atoms with E-state index in [1.54, 1.807) is 6.07 Å². The number of hydrogen-bond donors (Lipinski definition) is 3. The summed E-state index contributed by atoms with van der Waals surface area (Å²) in [5, 5.41) is 22.8. The Hall–Kier alpha value is -1.92. The van der Waals surface area contributed by atoms with Crippen LogP contribution in [-0.4, -0.2) is 98.4 Å². The van der Waals surface area contributed by atoms with Crippen molar-refractivity contribution in [3.05, 3.63) is 29.8 Å². The quantitative estimate of drug-likeness (QED) is 0.545. The second kappa shape index (κ2) is 10.1. The molecule has 0 aliphatic carbocycles. The summed E-state index contributed by atoms with van der Waals surface area (Å²) in [7, 11) is 1.41. The minimum atomic E-state index is -4.40. The average Bonchev–Trinajstić information content (AvgIpc) is 3.07. The van der Waals surface area contributed by atoms with E-state index in [4.69, 9.17) is 9.47 Å². The van der Waals surface area contributed by atoms with E-state index in [0.717, 1.165) is 12.1 Å². The predicted molar refractivity (Wildman–Crippen MR) is 106 cm³/mol. The summed E-state index contributed by atoms with van der Waals surface area (Å²) in [6.45, 7) is 1.61. The van der Waals surface area contributed by atoms with Gasteiger partial charge >= 0.3 is 6.18 Å². The molecular weight excluding hydrogens is 419 g/mol. The first-order valence-corrected chi connectivity index (χ1v) is 10.1. The van der Waals surface area contributed by atoms with E-state index in [1.807, 2.05) is 9.80 Å². The maximum atomic E-state index is 13.0. The third-order valence-electron chi connectivity index (χ3n) is 5.69. The molecule has 174 valence electrons. The summed E-state index contributed by atoms with van der Waals surface area (Å²) in [4.78, 5) is 15.6. The van der Waals surface area contributed by atoms with E-state index >= 15 is 0 Å².